The van der Waals surface area contributed by atoms with Gasteiger partial charge in [-0.1, -0.05) is 421 Å². The molecule has 623 valence electrons. The van der Waals surface area contributed by atoms with E-state index in [4.69, 9.17) is 13.2 Å². The Labute approximate surface area is 775 Å². The molecule has 0 unspecified atom stereocenters. The second kappa shape index (κ2) is 46.3. The van der Waals surface area contributed by atoms with E-state index in [1.807, 2.05) is 18.2 Å². The summed E-state index contributed by atoms with van der Waals surface area (Å²) in [6.07, 6.45) is 22.8. The number of benzene rings is 5. The van der Waals surface area contributed by atoms with E-state index in [0.29, 0.717) is 0 Å². The molecule has 0 saturated carbocycles. The van der Waals surface area contributed by atoms with Gasteiger partial charge in [0.1, 0.15) is 0 Å². The van der Waals surface area contributed by atoms with E-state index < -0.39 is 0 Å². The summed E-state index contributed by atoms with van der Waals surface area (Å²) in [5.41, 5.74) is 17.8. The molecule has 0 amide bonds. The van der Waals surface area contributed by atoms with Crippen LogP contribution < -0.4 is 0 Å². The molecule has 0 aliphatic carbocycles. The molecule has 3 radical (unpaired) electrons. The Morgan fingerprint density at radius 3 is 0.812 bits per heavy atom. The van der Waals surface area contributed by atoms with E-state index in [1.165, 1.54) is 61.0 Å². The minimum absolute atomic E-state index is 0. The Hall–Kier alpha value is -2.61. The van der Waals surface area contributed by atoms with E-state index in [1.54, 1.807) is 6.08 Å². The molecule has 6 rings (SSSR count). The topological polar surface area (TPSA) is 4.93 Å². The summed E-state index contributed by atoms with van der Waals surface area (Å²) in [5.74, 6) is 0. The first kappa shape index (κ1) is 118. The second-order valence-electron chi connectivity index (χ2n) is 46.7. The van der Waals surface area contributed by atoms with Gasteiger partial charge in [0, 0.05) is 121 Å². The van der Waals surface area contributed by atoms with Gasteiger partial charge in [0.2, 0.25) is 0 Å². The van der Waals surface area contributed by atoms with Crippen LogP contribution in [0.25, 0.3) is 10.8 Å². The van der Waals surface area contributed by atoms with Crippen LogP contribution in [0.2, 0.25) is 0 Å². The van der Waals surface area contributed by atoms with Gasteiger partial charge in [0.15, 0.2) is 0 Å². The summed E-state index contributed by atoms with van der Waals surface area (Å²) in [7, 11) is 0. The van der Waals surface area contributed by atoms with Crippen molar-refractivity contribution in [3.63, 3.8) is 0 Å². The van der Waals surface area contributed by atoms with Crippen LogP contribution >= 0.6 is 0 Å². The molecule has 0 atom stereocenters. The van der Waals surface area contributed by atoms with E-state index in [0.717, 1.165) is 11.1 Å². The number of rotatable bonds is 3. The summed E-state index contributed by atoms with van der Waals surface area (Å²) in [6, 6.07) is 44.4. The van der Waals surface area contributed by atoms with Gasteiger partial charge in [-0.3, -0.25) is 0 Å². The predicted octanol–water partition coefficient (Wildman–Crippen LogP) is 33.2. The van der Waals surface area contributed by atoms with Crippen molar-refractivity contribution in [3.8, 4) is 0 Å². The van der Waals surface area contributed by atoms with Crippen LogP contribution in [0.5, 0.6) is 0 Å². The molecule has 0 N–H and O–H groups in total. The van der Waals surface area contributed by atoms with Crippen molar-refractivity contribution in [3.05, 3.63) is 251 Å². The zero-order valence-corrected chi connectivity index (χ0v) is 90.8. The van der Waals surface area contributed by atoms with Crippen molar-refractivity contribution in [1.82, 2.24) is 4.57 Å². The van der Waals surface area contributed by atoms with Crippen LogP contribution in [0.1, 0.15) is 383 Å². The summed E-state index contributed by atoms with van der Waals surface area (Å²) >= 11 is 0. The summed E-state index contributed by atoms with van der Waals surface area (Å²) < 4.78 is 2.35. The Morgan fingerprint density at radius 1 is 0.295 bits per heavy atom. The van der Waals surface area contributed by atoms with E-state index in [9.17, 15) is 0 Å². The minimum Gasteiger partial charge on any atom is -0.394 e. The Bertz CT molecular complexity index is 3600. The molecule has 0 saturated heterocycles. The summed E-state index contributed by atoms with van der Waals surface area (Å²) in [5, 5.41) is 2.69. The van der Waals surface area contributed by atoms with Crippen molar-refractivity contribution >= 4 is 10.8 Å². The molecule has 1 nitrogen and oxygen atoms in total. The first-order valence-corrected chi connectivity index (χ1v) is 40.8. The van der Waals surface area contributed by atoms with Gasteiger partial charge in [-0.2, -0.15) is 0 Å². The second-order valence-corrected chi connectivity index (χ2v) is 46.7. The van der Waals surface area contributed by atoms with Gasteiger partial charge in [0.05, 0.1) is 0 Å². The average Bonchev–Trinajstić information content (AvgIpc) is 0.962. The smallest absolute Gasteiger partial charge is 0.0358 e. The number of fused-ring (bicyclic) bond motifs is 1. The molecule has 0 spiro atoms. The number of aromatic nitrogens is 1. The van der Waals surface area contributed by atoms with Crippen LogP contribution in [-0.4, -0.2) is 4.57 Å². The van der Waals surface area contributed by atoms with Crippen molar-refractivity contribution in [2.45, 2.75) is 387 Å². The zero-order chi connectivity index (χ0) is 86.6. The van der Waals surface area contributed by atoms with Crippen LogP contribution in [0.3, 0.4) is 0 Å². The molecule has 0 bridgehead atoms. The van der Waals surface area contributed by atoms with Gasteiger partial charge < -0.3 is 77.5 Å². The molecule has 112 heavy (non-hydrogen) atoms. The van der Waals surface area contributed by atoms with Crippen LogP contribution in [0.15, 0.2) is 163 Å². The first-order valence-electron chi connectivity index (χ1n) is 40.8. The average molecular weight is 1750 g/mol. The van der Waals surface area contributed by atoms with E-state index in [-0.39, 0.29) is 185 Å². The van der Waals surface area contributed by atoms with Crippen molar-refractivity contribution in [2.24, 2.45) is 32.5 Å². The Balaban J connectivity index is -0.000000389. The van der Waals surface area contributed by atoms with Crippen LogP contribution in [0.4, 0.5) is 0 Å². The van der Waals surface area contributed by atoms with Crippen LogP contribution in [-0.2, 0) is 152 Å². The van der Waals surface area contributed by atoms with E-state index in [2.05, 4.69) is 489 Å². The van der Waals surface area contributed by atoms with Crippen molar-refractivity contribution in [1.29, 1.82) is 0 Å². The quantitative estimate of drug-likeness (QED) is 0.123. The molecule has 5 aromatic carbocycles. The monoisotopic (exact) mass is 1750 g/mol. The van der Waals surface area contributed by atoms with Crippen LogP contribution in [0, 0.1) is 70.0 Å². The number of hydrogen-bond donors (Lipinski definition) is 0. The third-order valence-corrected chi connectivity index (χ3v) is 17.6. The third-order valence-electron chi connectivity index (χ3n) is 17.6. The molecule has 6 aromatic rings. The Kier molecular flexibility index (Phi) is 48.7. The maximum Gasteiger partial charge on any atom is 0.0358 e. The maximum atomic E-state index is 5.86. The van der Waals surface area contributed by atoms with Gasteiger partial charge in [-0.15, -0.1) is 32.5 Å². The minimum atomic E-state index is 0. The fraction of sp³-hybridized carbons (Fsp3) is 0.593. The van der Waals surface area contributed by atoms with Gasteiger partial charge in [0.25, 0.3) is 0 Å². The van der Waals surface area contributed by atoms with Crippen molar-refractivity contribution < 1.29 is 98.1 Å². The molecule has 0 aliphatic heterocycles. The van der Waals surface area contributed by atoms with Gasteiger partial charge in [-0.05, 0) is 132 Å². The fourth-order valence-corrected chi connectivity index (χ4v) is 10.7. The van der Waals surface area contributed by atoms with Gasteiger partial charge >= 0.3 is 0 Å². The molecular formula is C108H171NY3-6. The van der Waals surface area contributed by atoms with Crippen molar-refractivity contribution in [2.75, 3.05) is 0 Å². The molecular weight excluding hydrogens is 1580 g/mol. The SMILES string of the molecule is CC(C)(C)[C-]=CC=[C-]C(C)(C)C.CC(C)(C)c1cc2ccccc2cc1C(C)(C)C.CC(C)(C)c1ccc(C(C)(C)C)cc1.CC(C)(C)c1cccc(C(C)(C)C)c1.CC(C)(C)c1ccccc1C(C)(C)C.CC(C)(C)c1cccn1C(C)(C)C.[CH-]=C(C=[C-]C(C)(C)C)C(C)(C)C.[CH-]=CC(=[C-]C(C)(C)C)C(C)(C)C.[Y].[Y].[Y]. The number of allylic oxidation sites excluding steroid dienone is 10. The van der Waals surface area contributed by atoms with Gasteiger partial charge in [-0.25, -0.2) is 0 Å². The molecule has 4 heteroatoms. The largest absolute Gasteiger partial charge is 0.394 e. The summed E-state index contributed by atoms with van der Waals surface area (Å²) in [6.45, 7) is 118. The fourth-order valence-electron chi connectivity index (χ4n) is 10.7. The first-order chi connectivity index (χ1) is 48.1. The number of nitrogens with zero attached hydrogens (tertiary/aromatic N) is 1. The number of hydrogen-bond acceptors (Lipinski definition) is 0. The third kappa shape index (κ3) is 50.3. The normalized spacial score (nSPS) is 13.2. The molecule has 1 aromatic heterocycles. The molecule has 0 fully saturated rings. The molecule has 0 aliphatic rings. The standard InChI is InChI=1S/C18H24.3C14H22.C12H21N.3C12H20.3Y/c1-17(2,3)15-11-13-9-7-8-10-14(13)12-16(15)18(4,5)6;1-13(2,3)11-7-9-12(10-8-11)14(4,5)6;1-13(2,3)11-8-7-9-12(10-11)14(4,5)6;1-13(2,3)11-9-7-8-10-12(11)14(4,5)6;1-11(2,3)10-8-7-9-13(10)12(4,5)6;1-10(12(5,6)7)8-9-11(2,3)4;1-11(2,3)9-7-8-10-12(4,5)6;1-8-10(12(5,6)7)9-11(2,3)4;;;/h7-12H,1-6H3;3*7-10H,1-6H3;7-9H,1-6H3;1,8H,2-7H3;7-8H,1-6H3;1,8H,2-7H3;;;/q;;;;;3*-2;;;. The van der Waals surface area contributed by atoms with E-state index >= 15 is 0 Å². The zero-order valence-electron chi connectivity index (χ0n) is 82.3. The molecule has 1 heterocycles. The Morgan fingerprint density at radius 2 is 0.598 bits per heavy atom. The maximum absolute atomic E-state index is 5.86. The predicted molar refractivity (Wildman–Crippen MR) is 495 cm³/mol. The summed E-state index contributed by atoms with van der Waals surface area (Å²) in [4.78, 5) is 0.